The summed E-state index contributed by atoms with van der Waals surface area (Å²) in [6.07, 6.45) is 0. The Morgan fingerprint density at radius 1 is 0.221 bits per heavy atom. The summed E-state index contributed by atoms with van der Waals surface area (Å²) in [7, 11) is 0. The van der Waals surface area contributed by atoms with Crippen molar-refractivity contribution in [1.29, 1.82) is 0 Å². The first-order valence-corrected chi connectivity index (χ1v) is 32.0. The van der Waals surface area contributed by atoms with Crippen LogP contribution in [0.1, 0.15) is 16.7 Å². The van der Waals surface area contributed by atoms with Gasteiger partial charge in [0, 0.05) is 61.6 Å². The van der Waals surface area contributed by atoms with E-state index in [1.54, 1.807) is 4.90 Å². The van der Waals surface area contributed by atoms with Crippen LogP contribution in [0.15, 0.2) is 351 Å². The number of benzene rings is 13. The Morgan fingerprint density at radius 3 is 1.01 bits per heavy atom. The lowest BCUT2D eigenvalue weighted by molar-refractivity contribution is 0.828. The number of nitrogens with zero attached hydrogens (tertiary/aromatic N) is 10. The molecule has 13 aromatic carbocycles. The Labute approximate surface area is 548 Å². The van der Waals surface area contributed by atoms with E-state index in [1.807, 2.05) is 60.7 Å². The van der Waals surface area contributed by atoms with E-state index in [2.05, 4.69) is 275 Å². The lowest BCUT2D eigenvalue weighted by Crippen LogP contribution is -2.61. The van der Waals surface area contributed by atoms with Crippen molar-refractivity contribution in [2.24, 2.45) is 30.0 Å². The maximum Gasteiger partial charge on any atom is 0.252 e. The number of hydrogen-bond donors (Lipinski definition) is 0. The number of para-hydroxylation sites is 1. The molecule has 19 rings (SSSR count). The van der Waals surface area contributed by atoms with Crippen LogP contribution < -0.4 is 26.2 Å². The van der Waals surface area contributed by atoms with Crippen molar-refractivity contribution in [2.45, 2.75) is 0 Å². The standard InChI is InChI=1S/C84H53BN10/c1-7-21-54(22-8-1)58-35-42-65(43-36-58)92-74-47-39-62(56-25-11-3-12-26-56)50-70(74)85-71-51-63(57-27-13-4-14-28-57)40-48-75(71)93(66-44-37-59(38-45-66)55-23-9-2-10-24-55)77-53-67(52-76(92)78(77)85)94-72-34-20-19-33-68(72)69-49-64(41-46-73(69)94)81-90-83-88-79(60-29-15-5-16-30-60)86-82-87-80(61-31-17-6-18-32-61)89-84(91-81)95(82)83/h1-53H. The highest BCUT2D eigenvalue weighted by atomic mass is 15.5. The zero-order valence-corrected chi connectivity index (χ0v) is 51.1. The summed E-state index contributed by atoms with van der Waals surface area (Å²) in [5, 5.41) is 2.13. The molecule has 95 heavy (non-hydrogen) atoms. The van der Waals surface area contributed by atoms with Crippen LogP contribution in [0.3, 0.4) is 0 Å². The van der Waals surface area contributed by atoms with E-state index in [0.29, 0.717) is 35.4 Å². The van der Waals surface area contributed by atoms with Crippen molar-refractivity contribution in [3.05, 3.63) is 338 Å². The quantitative estimate of drug-likeness (QED) is 0.128. The van der Waals surface area contributed by atoms with Crippen LogP contribution in [0.4, 0.5) is 34.1 Å². The molecule has 11 heteroatoms. The van der Waals surface area contributed by atoms with Gasteiger partial charge in [-0.1, -0.05) is 249 Å². The molecule has 0 aliphatic carbocycles. The molecule has 0 amide bonds. The largest absolute Gasteiger partial charge is 0.311 e. The molecule has 0 unspecified atom stereocenters. The van der Waals surface area contributed by atoms with E-state index in [0.717, 1.165) is 101 Å². The zero-order chi connectivity index (χ0) is 62.5. The molecule has 0 radical (unpaired) electrons. The second-order valence-electron chi connectivity index (χ2n) is 24.3. The Morgan fingerprint density at radius 2 is 0.568 bits per heavy atom. The molecule has 6 heterocycles. The topological polar surface area (TPSA) is 88.8 Å². The molecule has 14 aromatic rings. The summed E-state index contributed by atoms with van der Waals surface area (Å²) >= 11 is 0. The average molecular weight is 1210 g/mol. The first-order chi connectivity index (χ1) is 47.1. The van der Waals surface area contributed by atoms with Gasteiger partial charge in [0.25, 0.3) is 6.71 Å². The normalized spacial score (nSPS) is 14.2. The molecule has 0 bridgehead atoms. The number of amidine groups is 3. The van der Waals surface area contributed by atoms with Crippen LogP contribution in [-0.4, -0.2) is 51.6 Å². The summed E-state index contributed by atoms with van der Waals surface area (Å²) in [5.74, 6) is 2.70. The van der Waals surface area contributed by atoms with Crippen LogP contribution in [0.25, 0.3) is 72.0 Å². The summed E-state index contributed by atoms with van der Waals surface area (Å²) in [5.41, 5.74) is 25.1. The van der Waals surface area contributed by atoms with Gasteiger partial charge >= 0.3 is 0 Å². The summed E-state index contributed by atoms with van der Waals surface area (Å²) < 4.78 is 2.44. The van der Waals surface area contributed by atoms with Gasteiger partial charge in [-0.25, -0.2) is 4.90 Å². The summed E-state index contributed by atoms with van der Waals surface area (Å²) in [6, 6.07) is 115. The minimum atomic E-state index is -0.177. The smallest absolute Gasteiger partial charge is 0.252 e. The van der Waals surface area contributed by atoms with Crippen LogP contribution in [0, 0.1) is 0 Å². The fourth-order valence-corrected chi connectivity index (χ4v) is 14.4. The van der Waals surface area contributed by atoms with Crippen molar-refractivity contribution >= 4 is 114 Å². The Balaban J connectivity index is 0.849. The van der Waals surface area contributed by atoms with Gasteiger partial charge in [0.15, 0.2) is 17.5 Å². The third kappa shape index (κ3) is 9.04. The first-order valence-electron chi connectivity index (χ1n) is 32.0. The van der Waals surface area contributed by atoms with E-state index in [-0.39, 0.29) is 6.71 Å². The predicted octanol–water partition coefficient (Wildman–Crippen LogP) is 17.6. The minimum absolute atomic E-state index is 0.177. The van der Waals surface area contributed by atoms with E-state index in [9.17, 15) is 0 Å². The van der Waals surface area contributed by atoms with Crippen LogP contribution in [-0.2, 0) is 0 Å². The molecule has 442 valence electrons. The van der Waals surface area contributed by atoms with Gasteiger partial charge in [0.2, 0.25) is 17.9 Å². The lowest BCUT2D eigenvalue weighted by Gasteiger charge is -2.44. The number of hydrogen-bond acceptors (Lipinski definition) is 9. The van der Waals surface area contributed by atoms with Crippen LogP contribution >= 0.6 is 0 Å². The van der Waals surface area contributed by atoms with Crippen molar-refractivity contribution in [1.82, 2.24) is 9.47 Å². The number of aliphatic imine (C=N–C) groups is 6. The molecule has 10 nitrogen and oxygen atoms in total. The van der Waals surface area contributed by atoms with Gasteiger partial charge in [-0.05, 0) is 134 Å². The molecular formula is C84H53BN10. The lowest BCUT2D eigenvalue weighted by atomic mass is 9.33. The SMILES string of the molecule is c1ccc(C2=NC3=NC(c4ccccc4)=NC4=NC(c5ccc6c(c5)c5ccccc5n6-c5cc6c7c(c5)N(c5ccc(-c8ccccc8)cc5)c5ccc(-c8ccccc8)cc5B7c5cc(-c7ccccc7)ccc5N6c5ccc(-c6ccccc6)cc5)=NC(=N2)N34)cc1. The highest BCUT2D eigenvalue weighted by Crippen LogP contribution is 2.48. The molecule has 5 aliphatic heterocycles. The molecule has 0 saturated heterocycles. The maximum atomic E-state index is 5.22. The van der Waals surface area contributed by atoms with Gasteiger partial charge in [0.05, 0.1) is 16.7 Å². The maximum absolute atomic E-state index is 5.22. The summed E-state index contributed by atoms with van der Waals surface area (Å²) in [4.78, 5) is 37.3. The highest BCUT2D eigenvalue weighted by Gasteiger charge is 2.45. The molecule has 0 atom stereocenters. The van der Waals surface area contributed by atoms with Gasteiger partial charge in [-0.2, -0.15) is 30.0 Å². The fourth-order valence-electron chi connectivity index (χ4n) is 14.4. The molecule has 0 fully saturated rings. The monoisotopic (exact) mass is 1210 g/mol. The second-order valence-corrected chi connectivity index (χ2v) is 24.3. The number of guanidine groups is 3. The highest BCUT2D eigenvalue weighted by molar-refractivity contribution is 7.00. The Bertz CT molecular complexity index is 5390. The van der Waals surface area contributed by atoms with E-state index >= 15 is 0 Å². The van der Waals surface area contributed by atoms with E-state index in [4.69, 9.17) is 30.0 Å². The van der Waals surface area contributed by atoms with Gasteiger partial charge in [0.1, 0.15) is 0 Å². The molecular weight excluding hydrogens is 1160 g/mol. The Hall–Kier alpha value is -12.9. The van der Waals surface area contributed by atoms with Crippen molar-refractivity contribution < 1.29 is 0 Å². The van der Waals surface area contributed by atoms with E-state index < -0.39 is 0 Å². The predicted molar refractivity (Wildman–Crippen MR) is 393 cm³/mol. The zero-order valence-electron chi connectivity index (χ0n) is 51.1. The number of rotatable bonds is 10. The molecule has 1 aromatic heterocycles. The van der Waals surface area contributed by atoms with Gasteiger partial charge < -0.3 is 14.4 Å². The Kier molecular flexibility index (Phi) is 12.5. The van der Waals surface area contributed by atoms with E-state index in [1.165, 1.54) is 38.6 Å². The second kappa shape index (κ2) is 21.9. The van der Waals surface area contributed by atoms with Crippen molar-refractivity contribution in [2.75, 3.05) is 9.80 Å². The minimum Gasteiger partial charge on any atom is -0.311 e. The van der Waals surface area contributed by atoms with Crippen LogP contribution in [0.2, 0.25) is 0 Å². The number of fused-ring (bicyclic) bond motifs is 7. The summed E-state index contributed by atoms with van der Waals surface area (Å²) in [6.45, 7) is -0.177. The molecule has 0 N–H and O–H groups in total. The van der Waals surface area contributed by atoms with Crippen molar-refractivity contribution in [3.8, 4) is 50.2 Å². The third-order valence-corrected chi connectivity index (χ3v) is 18.8. The fraction of sp³-hybridized carbons (Fsp3) is 0. The molecule has 0 spiro atoms. The van der Waals surface area contributed by atoms with Crippen molar-refractivity contribution in [3.63, 3.8) is 0 Å². The third-order valence-electron chi connectivity index (χ3n) is 18.8. The van der Waals surface area contributed by atoms with Gasteiger partial charge in [-0.3, -0.25) is 0 Å². The first kappa shape index (κ1) is 53.9. The van der Waals surface area contributed by atoms with Gasteiger partial charge in [-0.15, -0.1) is 0 Å². The molecule has 0 saturated carbocycles. The molecule has 5 aliphatic rings. The number of anilines is 6. The average Bonchev–Trinajstić information content (AvgIpc) is 0.881. The number of aromatic nitrogens is 1. The van der Waals surface area contributed by atoms with Crippen LogP contribution in [0.5, 0.6) is 0 Å².